The Labute approximate surface area is 248 Å². The summed E-state index contributed by atoms with van der Waals surface area (Å²) in [5, 5.41) is 3.06. The van der Waals surface area contributed by atoms with Gasteiger partial charge in [0.15, 0.2) is 5.75 Å². The molecule has 1 fully saturated rings. The van der Waals surface area contributed by atoms with Crippen molar-refractivity contribution in [3.8, 4) is 17.4 Å². The lowest BCUT2D eigenvalue weighted by molar-refractivity contribution is 0.102. The number of ether oxygens (including phenoxy) is 2. The van der Waals surface area contributed by atoms with E-state index in [0.29, 0.717) is 34.7 Å². The predicted octanol–water partition coefficient (Wildman–Crippen LogP) is 6.36. The molecule has 10 heteroatoms. The zero-order valence-corrected chi connectivity index (χ0v) is 26.2. The lowest BCUT2D eigenvalue weighted by atomic mass is 9.86. The zero-order valence-electron chi connectivity index (χ0n) is 25.4. The molecule has 0 bridgehead atoms. The number of methoxy groups -OCH3 is 1. The fraction of sp³-hybridized carbons (Fsp3) is 0.452. The van der Waals surface area contributed by atoms with Crippen LogP contribution in [-0.4, -0.2) is 67.4 Å². The van der Waals surface area contributed by atoms with Crippen LogP contribution in [0.5, 0.6) is 17.4 Å². The maximum Gasteiger partial charge on any atom is 0.255 e. The smallest absolute Gasteiger partial charge is 0.255 e. The SMILES string of the molecule is COc1c(NSC)cc(C(C)(C)C)cc1NC(=O)c1ccc(C)c(Oc2cc(N(C)C3CCN(C)CC3)ncn2)c1. The predicted molar refractivity (Wildman–Crippen MR) is 169 cm³/mol. The van der Waals surface area contributed by atoms with Crippen molar-refractivity contribution >= 4 is 35.0 Å². The highest BCUT2D eigenvalue weighted by Crippen LogP contribution is 2.40. The maximum absolute atomic E-state index is 13.5. The van der Waals surface area contributed by atoms with E-state index in [4.69, 9.17) is 9.47 Å². The number of aryl methyl sites for hydroxylation is 1. The fourth-order valence-corrected chi connectivity index (χ4v) is 5.24. The van der Waals surface area contributed by atoms with Crippen molar-refractivity contribution in [2.75, 3.05) is 55.5 Å². The standard InChI is InChI=1S/C31H42N6O3S/c1-20-9-10-21(30(38)34-24-16-22(31(2,3)4)17-25(35-41-8)29(24)39-7)15-26(20)40-28-18-27(32-19-33-28)37(6)23-11-13-36(5)14-12-23/h9-10,15-19,23,35H,11-14H2,1-8H3,(H,34,38). The van der Waals surface area contributed by atoms with Gasteiger partial charge in [0.1, 0.15) is 17.9 Å². The molecule has 0 unspecified atom stereocenters. The van der Waals surface area contributed by atoms with Gasteiger partial charge >= 0.3 is 0 Å². The average molecular weight is 579 g/mol. The van der Waals surface area contributed by atoms with Crippen LogP contribution in [0, 0.1) is 6.92 Å². The molecule has 1 amide bonds. The molecule has 2 aromatic carbocycles. The van der Waals surface area contributed by atoms with Crippen molar-refractivity contribution in [1.29, 1.82) is 0 Å². The highest BCUT2D eigenvalue weighted by Gasteiger charge is 2.23. The molecule has 0 radical (unpaired) electrons. The van der Waals surface area contributed by atoms with Crippen LogP contribution < -0.4 is 24.4 Å². The summed E-state index contributed by atoms with van der Waals surface area (Å²) in [5.41, 5.74) is 3.71. The van der Waals surface area contributed by atoms with Crippen LogP contribution in [0.1, 0.15) is 55.1 Å². The second-order valence-electron chi connectivity index (χ2n) is 11.6. The Bertz CT molecular complexity index is 1370. The fourth-order valence-electron chi connectivity index (χ4n) is 4.87. The minimum atomic E-state index is -0.264. The number of carbonyl (C=O) groups excluding carboxylic acids is 1. The molecule has 1 aliphatic rings. The van der Waals surface area contributed by atoms with Gasteiger partial charge in [-0.1, -0.05) is 38.8 Å². The molecule has 1 saturated heterocycles. The van der Waals surface area contributed by atoms with Crippen molar-refractivity contribution in [3.63, 3.8) is 0 Å². The van der Waals surface area contributed by atoms with Gasteiger partial charge in [-0.25, -0.2) is 9.97 Å². The van der Waals surface area contributed by atoms with Gasteiger partial charge < -0.3 is 29.3 Å². The number of likely N-dealkylation sites (tertiary alicyclic amines) is 1. The number of piperidine rings is 1. The number of hydrogen-bond acceptors (Lipinski definition) is 9. The summed E-state index contributed by atoms with van der Waals surface area (Å²) in [6, 6.07) is 11.7. The van der Waals surface area contributed by atoms with E-state index in [9.17, 15) is 4.79 Å². The van der Waals surface area contributed by atoms with Gasteiger partial charge in [-0.2, -0.15) is 0 Å². The molecular weight excluding hydrogens is 536 g/mol. The van der Waals surface area contributed by atoms with E-state index < -0.39 is 0 Å². The number of benzene rings is 2. The molecule has 1 aliphatic heterocycles. The van der Waals surface area contributed by atoms with Crippen molar-refractivity contribution < 1.29 is 14.3 Å². The first-order chi connectivity index (χ1) is 19.5. The van der Waals surface area contributed by atoms with E-state index in [2.05, 4.69) is 70.7 Å². The molecule has 0 saturated carbocycles. The van der Waals surface area contributed by atoms with Crippen LogP contribution in [0.2, 0.25) is 0 Å². The minimum absolute atomic E-state index is 0.122. The van der Waals surface area contributed by atoms with Gasteiger partial charge in [-0.3, -0.25) is 4.79 Å². The lowest BCUT2D eigenvalue weighted by Gasteiger charge is -2.35. The third-order valence-electron chi connectivity index (χ3n) is 7.51. The number of anilines is 3. The first-order valence-corrected chi connectivity index (χ1v) is 15.1. The molecule has 4 rings (SSSR count). The molecule has 2 N–H and O–H groups in total. The molecule has 0 spiro atoms. The number of aromatic nitrogens is 2. The minimum Gasteiger partial charge on any atom is -0.492 e. The molecular formula is C31H42N6O3S. The molecule has 2 heterocycles. The number of nitrogens with one attached hydrogen (secondary N) is 2. The Morgan fingerprint density at radius 1 is 1.10 bits per heavy atom. The zero-order chi connectivity index (χ0) is 29.7. The Kier molecular flexibility index (Phi) is 9.65. The monoisotopic (exact) mass is 578 g/mol. The molecule has 220 valence electrons. The number of hydrogen-bond donors (Lipinski definition) is 2. The Hall–Kier alpha value is -3.50. The number of rotatable bonds is 9. The van der Waals surface area contributed by atoms with Crippen LogP contribution in [0.4, 0.5) is 17.2 Å². The van der Waals surface area contributed by atoms with Gasteiger partial charge in [-0.05, 0) is 80.7 Å². The van der Waals surface area contributed by atoms with Gasteiger partial charge in [0.05, 0.1) is 18.5 Å². The first-order valence-electron chi connectivity index (χ1n) is 13.8. The van der Waals surface area contributed by atoms with E-state index in [1.54, 1.807) is 19.2 Å². The summed E-state index contributed by atoms with van der Waals surface area (Å²) < 4.78 is 15.2. The highest BCUT2D eigenvalue weighted by molar-refractivity contribution is 7.99. The van der Waals surface area contributed by atoms with Crippen molar-refractivity contribution in [2.24, 2.45) is 0 Å². The summed E-state index contributed by atoms with van der Waals surface area (Å²) in [7, 11) is 5.83. The number of carbonyl (C=O) groups is 1. The van der Waals surface area contributed by atoms with Gasteiger partial charge in [0, 0.05) is 31.0 Å². The third kappa shape index (κ3) is 7.42. The molecule has 9 nitrogen and oxygen atoms in total. The molecule has 3 aromatic rings. The topological polar surface area (TPSA) is 91.9 Å². The van der Waals surface area contributed by atoms with Crippen molar-refractivity contribution in [2.45, 2.75) is 52.0 Å². The normalized spacial score (nSPS) is 14.4. The van der Waals surface area contributed by atoms with E-state index in [-0.39, 0.29) is 11.3 Å². The summed E-state index contributed by atoms with van der Waals surface area (Å²) in [6.07, 6.45) is 5.64. The molecule has 1 aromatic heterocycles. The van der Waals surface area contributed by atoms with Crippen LogP contribution in [-0.2, 0) is 5.41 Å². The lowest BCUT2D eigenvalue weighted by Crippen LogP contribution is -2.42. The first kappa shape index (κ1) is 30.5. The van der Waals surface area contributed by atoms with E-state index >= 15 is 0 Å². The summed E-state index contributed by atoms with van der Waals surface area (Å²) >= 11 is 1.47. The average Bonchev–Trinajstić information content (AvgIpc) is 2.94. The Balaban J connectivity index is 1.56. The van der Waals surface area contributed by atoms with E-state index in [0.717, 1.165) is 48.6 Å². The van der Waals surface area contributed by atoms with Gasteiger partial charge in [0.25, 0.3) is 5.91 Å². The molecule has 0 aliphatic carbocycles. The Morgan fingerprint density at radius 3 is 2.46 bits per heavy atom. The largest absolute Gasteiger partial charge is 0.492 e. The highest BCUT2D eigenvalue weighted by atomic mass is 32.2. The summed E-state index contributed by atoms with van der Waals surface area (Å²) in [5.74, 6) is 2.12. The second kappa shape index (κ2) is 13.0. The summed E-state index contributed by atoms with van der Waals surface area (Å²) in [6.45, 7) is 10.5. The van der Waals surface area contributed by atoms with Crippen molar-refractivity contribution in [3.05, 3.63) is 59.4 Å². The molecule has 0 atom stereocenters. The van der Waals surface area contributed by atoms with Crippen LogP contribution in [0.25, 0.3) is 0 Å². The van der Waals surface area contributed by atoms with E-state index in [1.165, 1.54) is 18.3 Å². The van der Waals surface area contributed by atoms with Gasteiger partial charge in [0.2, 0.25) is 5.88 Å². The quantitative estimate of drug-likeness (QED) is 0.282. The third-order valence-corrected chi connectivity index (χ3v) is 7.93. The van der Waals surface area contributed by atoms with Crippen LogP contribution in [0.3, 0.4) is 0 Å². The summed E-state index contributed by atoms with van der Waals surface area (Å²) in [4.78, 5) is 26.9. The van der Waals surface area contributed by atoms with Crippen LogP contribution >= 0.6 is 11.9 Å². The number of nitrogens with zero attached hydrogens (tertiary/aromatic N) is 4. The van der Waals surface area contributed by atoms with Crippen LogP contribution in [0.15, 0.2) is 42.7 Å². The van der Waals surface area contributed by atoms with Crippen molar-refractivity contribution in [1.82, 2.24) is 14.9 Å². The number of amides is 1. The maximum atomic E-state index is 13.5. The van der Waals surface area contributed by atoms with Gasteiger partial charge in [-0.15, -0.1) is 0 Å². The molecule has 41 heavy (non-hydrogen) atoms. The second-order valence-corrected chi connectivity index (χ2v) is 12.2. The Morgan fingerprint density at radius 2 is 1.80 bits per heavy atom. The van der Waals surface area contributed by atoms with E-state index in [1.807, 2.05) is 31.4 Å².